The summed E-state index contributed by atoms with van der Waals surface area (Å²) in [4.78, 5) is 11.0. The highest BCUT2D eigenvalue weighted by atomic mass is 16.6. The number of nitro benzene ring substituents is 1. The monoisotopic (exact) mass is 412 g/mol. The predicted molar refractivity (Wildman–Crippen MR) is 118 cm³/mol. The lowest BCUT2D eigenvalue weighted by Crippen LogP contribution is -2.35. The molecule has 0 spiro atoms. The number of ether oxygens (including phenoxy) is 2. The summed E-state index contributed by atoms with van der Waals surface area (Å²) < 4.78 is 11.7. The maximum atomic E-state index is 11.4. The van der Waals surface area contributed by atoms with Gasteiger partial charge in [0.2, 0.25) is 0 Å². The quantitative estimate of drug-likeness (QED) is 0.353. The fourth-order valence-electron chi connectivity index (χ4n) is 4.05. The minimum atomic E-state index is -0.423. The molecular formula is C25H20N2O4. The Balaban J connectivity index is 1.65. The molecule has 1 aliphatic heterocycles. The van der Waals surface area contributed by atoms with Gasteiger partial charge in [-0.3, -0.25) is 15.4 Å². The Morgan fingerprint density at radius 2 is 1.74 bits per heavy atom. The lowest BCUT2D eigenvalue weighted by atomic mass is 9.92. The molecule has 154 valence electrons. The van der Waals surface area contributed by atoms with Gasteiger partial charge in [0, 0.05) is 28.6 Å². The first-order chi connectivity index (χ1) is 15.1. The molecule has 4 aromatic carbocycles. The van der Waals surface area contributed by atoms with Crippen molar-refractivity contribution in [3.63, 3.8) is 0 Å². The maximum Gasteiger partial charge on any atom is 0.269 e. The number of rotatable bonds is 4. The molecule has 0 amide bonds. The molecule has 1 heterocycles. The molecule has 0 saturated heterocycles. The predicted octanol–water partition coefficient (Wildman–Crippen LogP) is 5.53. The van der Waals surface area contributed by atoms with Crippen molar-refractivity contribution in [3.05, 3.63) is 112 Å². The molecule has 1 aliphatic rings. The maximum absolute atomic E-state index is 11.4. The summed E-state index contributed by atoms with van der Waals surface area (Å²) in [6.07, 6.45) is -0.423. The van der Waals surface area contributed by atoms with Gasteiger partial charge in [-0.1, -0.05) is 60.7 Å². The van der Waals surface area contributed by atoms with Gasteiger partial charge in [-0.15, -0.1) is 0 Å². The van der Waals surface area contributed by atoms with Crippen molar-refractivity contribution in [2.24, 2.45) is 0 Å². The van der Waals surface area contributed by atoms with Gasteiger partial charge in [0.05, 0.1) is 18.1 Å². The Morgan fingerprint density at radius 1 is 0.935 bits per heavy atom. The van der Waals surface area contributed by atoms with E-state index in [4.69, 9.17) is 9.47 Å². The number of hydrogen-bond acceptors (Lipinski definition) is 5. The third kappa shape index (κ3) is 3.47. The second kappa shape index (κ2) is 7.74. The smallest absolute Gasteiger partial charge is 0.269 e. The summed E-state index contributed by atoms with van der Waals surface area (Å²) in [6.45, 7) is 0. The zero-order valence-electron chi connectivity index (χ0n) is 16.8. The normalized spacial score (nSPS) is 17.6. The molecule has 31 heavy (non-hydrogen) atoms. The molecular weight excluding hydrogens is 392 g/mol. The highest BCUT2D eigenvalue weighted by Gasteiger charge is 2.31. The second-order valence-electron chi connectivity index (χ2n) is 7.43. The third-order valence-corrected chi connectivity index (χ3v) is 5.61. The van der Waals surface area contributed by atoms with Crippen LogP contribution in [0.3, 0.4) is 0 Å². The highest BCUT2D eigenvalue weighted by molar-refractivity contribution is 5.90. The largest absolute Gasteiger partial charge is 0.497 e. The number of benzene rings is 4. The topological polar surface area (TPSA) is 73.6 Å². The van der Waals surface area contributed by atoms with Gasteiger partial charge >= 0.3 is 0 Å². The van der Waals surface area contributed by atoms with Crippen molar-refractivity contribution >= 4 is 16.5 Å². The minimum absolute atomic E-state index is 0.0640. The summed E-state index contributed by atoms with van der Waals surface area (Å²) in [5, 5.41) is 17.0. The Bertz CT molecular complexity index is 1270. The molecule has 6 nitrogen and oxygen atoms in total. The van der Waals surface area contributed by atoms with Crippen molar-refractivity contribution in [3.8, 4) is 11.5 Å². The van der Waals surface area contributed by atoms with Crippen LogP contribution in [0.4, 0.5) is 5.69 Å². The molecule has 0 radical (unpaired) electrons. The molecule has 0 bridgehead atoms. The van der Waals surface area contributed by atoms with Crippen LogP contribution >= 0.6 is 0 Å². The highest BCUT2D eigenvalue weighted by Crippen LogP contribution is 2.43. The van der Waals surface area contributed by atoms with Crippen LogP contribution in [0.15, 0.2) is 84.9 Å². The molecule has 0 unspecified atom stereocenters. The minimum Gasteiger partial charge on any atom is -0.497 e. The van der Waals surface area contributed by atoms with E-state index in [1.54, 1.807) is 19.2 Å². The van der Waals surface area contributed by atoms with E-state index in [2.05, 4.69) is 11.4 Å². The summed E-state index contributed by atoms with van der Waals surface area (Å²) in [7, 11) is 1.63. The van der Waals surface area contributed by atoms with Crippen molar-refractivity contribution < 1.29 is 14.4 Å². The Hall–Kier alpha value is -3.90. The van der Waals surface area contributed by atoms with E-state index in [1.807, 2.05) is 60.7 Å². The Labute approximate surface area is 179 Å². The lowest BCUT2D eigenvalue weighted by molar-refractivity contribution is -0.384. The zero-order valence-corrected chi connectivity index (χ0v) is 16.8. The molecule has 6 heteroatoms. The van der Waals surface area contributed by atoms with Crippen LogP contribution in [0.2, 0.25) is 0 Å². The number of non-ortho nitro benzene ring substituents is 1. The van der Waals surface area contributed by atoms with Gasteiger partial charge < -0.3 is 9.47 Å². The fourth-order valence-corrected chi connectivity index (χ4v) is 4.05. The van der Waals surface area contributed by atoms with E-state index in [9.17, 15) is 10.1 Å². The lowest BCUT2D eigenvalue weighted by Gasteiger charge is -2.35. The van der Waals surface area contributed by atoms with E-state index >= 15 is 0 Å². The van der Waals surface area contributed by atoms with Crippen LogP contribution in [0.5, 0.6) is 11.5 Å². The third-order valence-electron chi connectivity index (χ3n) is 5.61. The molecule has 2 atom stereocenters. The second-order valence-corrected chi connectivity index (χ2v) is 7.43. The average Bonchev–Trinajstić information content (AvgIpc) is 2.83. The standard InChI is InChI=1S/C25H20N2O4/c1-30-20-12-9-17(10-13-20)25-26-23(18-6-4-7-19(15-18)27(28)29)22-14-11-16-5-2-3-8-21(16)24(22)31-25/h2-15,23,25-26H,1H3/t23-,25-/m1/s1. The average molecular weight is 412 g/mol. The van der Waals surface area contributed by atoms with Crippen molar-refractivity contribution in [2.75, 3.05) is 7.11 Å². The Kier molecular flexibility index (Phi) is 4.76. The van der Waals surface area contributed by atoms with Gasteiger partial charge in [0.15, 0.2) is 6.23 Å². The summed E-state index contributed by atoms with van der Waals surface area (Å²) in [6, 6.07) is 26.3. The molecule has 0 aliphatic carbocycles. The summed E-state index contributed by atoms with van der Waals surface area (Å²) >= 11 is 0. The number of nitrogens with zero attached hydrogens (tertiary/aromatic N) is 1. The van der Waals surface area contributed by atoms with Crippen LogP contribution in [0, 0.1) is 10.1 Å². The molecule has 0 saturated carbocycles. The van der Waals surface area contributed by atoms with Crippen LogP contribution in [-0.4, -0.2) is 12.0 Å². The number of nitro groups is 1. The molecule has 4 aromatic rings. The summed E-state index contributed by atoms with van der Waals surface area (Å²) in [5.41, 5.74) is 2.76. The van der Waals surface area contributed by atoms with Gasteiger partial charge in [0.25, 0.3) is 5.69 Å². The fraction of sp³-hybridized carbons (Fsp3) is 0.120. The molecule has 0 fully saturated rings. The van der Waals surface area contributed by atoms with Gasteiger partial charge in [-0.2, -0.15) is 0 Å². The van der Waals surface area contributed by atoms with E-state index in [1.165, 1.54) is 6.07 Å². The molecule has 0 aromatic heterocycles. The number of methoxy groups -OCH3 is 1. The van der Waals surface area contributed by atoms with Gasteiger partial charge in [-0.25, -0.2) is 0 Å². The van der Waals surface area contributed by atoms with E-state index < -0.39 is 6.23 Å². The van der Waals surface area contributed by atoms with Crippen LogP contribution in [0.25, 0.3) is 10.8 Å². The van der Waals surface area contributed by atoms with E-state index in [-0.39, 0.29) is 16.7 Å². The zero-order chi connectivity index (χ0) is 21.4. The number of nitrogens with one attached hydrogen (secondary N) is 1. The van der Waals surface area contributed by atoms with Gasteiger partial charge in [-0.05, 0) is 23.1 Å². The first-order valence-electron chi connectivity index (χ1n) is 9.97. The van der Waals surface area contributed by atoms with Crippen molar-refractivity contribution in [1.82, 2.24) is 5.32 Å². The number of fused-ring (bicyclic) bond motifs is 3. The Morgan fingerprint density at radius 3 is 2.52 bits per heavy atom. The molecule has 5 rings (SSSR count). The van der Waals surface area contributed by atoms with Crippen LogP contribution in [0.1, 0.15) is 29.0 Å². The first-order valence-corrected chi connectivity index (χ1v) is 9.97. The van der Waals surface area contributed by atoms with Crippen molar-refractivity contribution in [2.45, 2.75) is 12.3 Å². The summed E-state index contributed by atoms with van der Waals surface area (Å²) in [5.74, 6) is 1.55. The van der Waals surface area contributed by atoms with Crippen LogP contribution < -0.4 is 14.8 Å². The van der Waals surface area contributed by atoms with E-state index in [0.29, 0.717) is 0 Å². The van der Waals surface area contributed by atoms with Crippen molar-refractivity contribution in [1.29, 1.82) is 0 Å². The SMILES string of the molecule is COc1ccc([C@@H]2N[C@H](c3cccc([N+](=O)[O-])c3)c3ccc4ccccc4c3O2)cc1. The van der Waals surface area contributed by atoms with E-state index in [0.717, 1.165) is 39.0 Å². The van der Waals surface area contributed by atoms with Crippen LogP contribution in [-0.2, 0) is 0 Å². The molecule has 1 N–H and O–H groups in total. The number of hydrogen-bond donors (Lipinski definition) is 1. The van der Waals surface area contributed by atoms with Gasteiger partial charge in [0.1, 0.15) is 11.5 Å². The first kappa shape index (κ1) is 19.1.